The molecule has 2 heterocycles. The molecule has 3 aromatic rings. The minimum atomic E-state index is 0.513. The Balaban J connectivity index is 2.16. The van der Waals surface area contributed by atoms with E-state index in [-0.39, 0.29) is 0 Å². The van der Waals surface area contributed by atoms with Crippen LogP contribution in [0.5, 0.6) is 0 Å². The van der Waals surface area contributed by atoms with Gasteiger partial charge in [-0.15, -0.1) is 0 Å². The highest BCUT2D eigenvalue weighted by Crippen LogP contribution is 2.14. The van der Waals surface area contributed by atoms with Gasteiger partial charge in [0.1, 0.15) is 0 Å². The molecule has 2 aromatic heterocycles. The predicted molar refractivity (Wildman–Crippen MR) is 60.5 cm³/mol. The van der Waals surface area contributed by atoms with Crippen molar-refractivity contribution in [1.82, 2.24) is 19.7 Å². The number of hydrogen-bond donors (Lipinski definition) is 1. The van der Waals surface area contributed by atoms with E-state index in [1.54, 1.807) is 0 Å². The number of para-hydroxylation sites is 2. The Bertz CT molecular complexity index is 668. The topological polar surface area (TPSA) is 59.6 Å². The molecule has 0 spiro atoms. The lowest BCUT2D eigenvalue weighted by molar-refractivity contribution is 0.408. The van der Waals surface area contributed by atoms with Crippen LogP contribution < -0.4 is 0 Å². The average Bonchev–Trinajstić information content (AvgIpc) is 2.89. The maximum atomic E-state index is 5.25. The summed E-state index contributed by atoms with van der Waals surface area (Å²) in [7, 11) is 0. The SMILES string of the molecule is S=c1[nH]c2ccccc2n1Cc1ncon1. The third kappa shape index (κ3) is 1.43. The Morgan fingerprint density at radius 2 is 2.25 bits per heavy atom. The third-order valence-electron chi connectivity index (χ3n) is 2.39. The van der Waals surface area contributed by atoms with Gasteiger partial charge in [0.25, 0.3) is 0 Å². The molecule has 16 heavy (non-hydrogen) atoms. The van der Waals surface area contributed by atoms with Crippen LogP contribution in [0.1, 0.15) is 5.82 Å². The van der Waals surface area contributed by atoms with Gasteiger partial charge in [0.15, 0.2) is 10.6 Å². The van der Waals surface area contributed by atoms with Crippen molar-refractivity contribution in [2.24, 2.45) is 0 Å². The van der Waals surface area contributed by atoms with E-state index in [1.165, 1.54) is 6.39 Å². The molecule has 1 aromatic carbocycles. The van der Waals surface area contributed by atoms with E-state index in [2.05, 4.69) is 15.1 Å². The molecular formula is C10H8N4OS. The smallest absolute Gasteiger partial charge is 0.213 e. The number of aromatic nitrogens is 4. The van der Waals surface area contributed by atoms with Gasteiger partial charge in [-0.3, -0.25) is 0 Å². The monoisotopic (exact) mass is 232 g/mol. The lowest BCUT2D eigenvalue weighted by Crippen LogP contribution is -2.01. The minimum Gasteiger partial charge on any atom is -0.343 e. The summed E-state index contributed by atoms with van der Waals surface area (Å²) in [5.41, 5.74) is 2.05. The van der Waals surface area contributed by atoms with Gasteiger partial charge >= 0.3 is 0 Å². The molecule has 0 bridgehead atoms. The van der Waals surface area contributed by atoms with Crippen molar-refractivity contribution in [2.75, 3.05) is 0 Å². The van der Waals surface area contributed by atoms with Crippen molar-refractivity contribution >= 4 is 23.3 Å². The Morgan fingerprint density at radius 1 is 1.38 bits per heavy atom. The molecule has 0 amide bonds. The molecule has 0 unspecified atom stereocenters. The molecule has 0 fully saturated rings. The van der Waals surface area contributed by atoms with Crippen molar-refractivity contribution in [3.8, 4) is 0 Å². The second kappa shape index (κ2) is 3.57. The van der Waals surface area contributed by atoms with Gasteiger partial charge in [0.2, 0.25) is 6.39 Å². The van der Waals surface area contributed by atoms with Crippen molar-refractivity contribution in [3.63, 3.8) is 0 Å². The molecule has 0 aliphatic heterocycles. The Kier molecular flexibility index (Phi) is 2.07. The summed E-state index contributed by atoms with van der Waals surface area (Å²) in [4.78, 5) is 7.11. The lowest BCUT2D eigenvalue weighted by atomic mass is 10.3. The maximum absolute atomic E-state index is 5.25. The highest BCUT2D eigenvalue weighted by molar-refractivity contribution is 7.71. The van der Waals surface area contributed by atoms with Gasteiger partial charge in [0, 0.05) is 0 Å². The summed E-state index contributed by atoms with van der Waals surface area (Å²) in [6.45, 7) is 0.513. The minimum absolute atomic E-state index is 0.513. The van der Waals surface area contributed by atoms with Crippen LogP contribution in [0, 0.1) is 4.77 Å². The number of H-pyrrole nitrogens is 1. The third-order valence-corrected chi connectivity index (χ3v) is 2.71. The van der Waals surface area contributed by atoms with Crippen molar-refractivity contribution < 1.29 is 4.52 Å². The molecule has 80 valence electrons. The Morgan fingerprint density at radius 3 is 3.06 bits per heavy atom. The van der Waals surface area contributed by atoms with Crippen LogP contribution in [0.25, 0.3) is 11.0 Å². The maximum Gasteiger partial charge on any atom is 0.213 e. The van der Waals surface area contributed by atoms with E-state index in [9.17, 15) is 0 Å². The van der Waals surface area contributed by atoms with Crippen LogP contribution in [0.2, 0.25) is 0 Å². The fourth-order valence-corrected chi connectivity index (χ4v) is 1.94. The van der Waals surface area contributed by atoms with Gasteiger partial charge in [-0.1, -0.05) is 17.3 Å². The predicted octanol–water partition coefficient (Wildman–Crippen LogP) is 2.13. The number of fused-ring (bicyclic) bond motifs is 1. The number of benzene rings is 1. The number of aromatic amines is 1. The summed E-state index contributed by atoms with van der Waals surface area (Å²) in [5.74, 6) is 0.612. The summed E-state index contributed by atoms with van der Waals surface area (Å²) in [6.07, 6.45) is 1.31. The van der Waals surface area contributed by atoms with Gasteiger partial charge in [0.05, 0.1) is 17.6 Å². The number of imidazole rings is 1. The zero-order valence-electron chi connectivity index (χ0n) is 8.25. The van der Waals surface area contributed by atoms with Gasteiger partial charge in [-0.05, 0) is 24.4 Å². The highest BCUT2D eigenvalue weighted by Gasteiger charge is 2.06. The highest BCUT2D eigenvalue weighted by atomic mass is 32.1. The Hall–Kier alpha value is -1.95. The summed E-state index contributed by atoms with van der Waals surface area (Å²) >= 11 is 5.25. The zero-order chi connectivity index (χ0) is 11.0. The van der Waals surface area contributed by atoms with E-state index < -0.39 is 0 Å². The summed E-state index contributed by atoms with van der Waals surface area (Å²) in [6, 6.07) is 7.92. The zero-order valence-corrected chi connectivity index (χ0v) is 9.07. The van der Waals surface area contributed by atoms with Crippen LogP contribution >= 0.6 is 12.2 Å². The van der Waals surface area contributed by atoms with Crippen molar-refractivity contribution in [3.05, 3.63) is 41.3 Å². The normalized spacial score (nSPS) is 11.0. The number of nitrogens with one attached hydrogen (secondary N) is 1. The fourth-order valence-electron chi connectivity index (χ4n) is 1.67. The molecule has 5 nitrogen and oxygen atoms in total. The first-order valence-electron chi connectivity index (χ1n) is 4.77. The summed E-state index contributed by atoms with van der Waals surface area (Å²) < 4.78 is 7.29. The molecule has 0 aliphatic rings. The molecule has 0 saturated carbocycles. The first-order valence-corrected chi connectivity index (χ1v) is 5.18. The van der Waals surface area contributed by atoms with E-state index in [4.69, 9.17) is 16.7 Å². The number of hydrogen-bond acceptors (Lipinski definition) is 4. The largest absolute Gasteiger partial charge is 0.343 e. The second-order valence-corrected chi connectivity index (χ2v) is 3.77. The van der Waals surface area contributed by atoms with E-state index in [0.717, 1.165) is 11.0 Å². The van der Waals surface area contributed by atoms with Gasteiger partial charge < -0.3 is 14.1 Å². The van der Waals surface area contributed by atoms with Crippen molar-refractivity contribution in [1.29, 1.82) is 0 Å². The van der Waals surface area contributed by atoms with Crippen LogP contribution in [0.3, 0.4) is 0 Å². The average molecular weight is 232 g/mol. The molecule has 1 N–H and O–H groups in total. The molecule has 0 saturated heterocycles. The fraction of sp³-hybridized carbons (Fsp3) is 0.100. The number of rotatable bonds is 2. The molecule has 0 atom stereocenters. The first-order chi connectivity index (χ1) is 7.84. The van der Waals surface area contributed by atoms with Gasteiger partial charge in [-0.25, -0.2) is 0 Å². The standard InChI is InChI=1S/C10H8N4OS/c16-10-12-7-3-1-2-4-8(7)14(10)5-9-11-6-15-13-9/h1-4,6H,5H2,(H,12,16). The van der Waals surface area contributed by atoms with Crippen LogP contribution in [-0.2, 0) is 6.54 Å². The second-order valence-electron chi connectivity index (χ2n) is 3.38. The molecule has 3 rings (SSSR count). The van der Waals surface area contributed by atoms with Crippen molar-refractivity contribution in [2.45, 2.75) is 6.54 Å². The molecular weight excluding hydrogens is 224 g/mol. The van der Waals surface area contributed by atoms with E-state index >= 15 is 0 Å². The van der Waals surface area contributed by atoms with E-state index in [0.29, 0.717) is 17.1 Å². The number of nitrogens with zero attached hydrogens (tertiary/aromatic N) is 3. The molecule has 0 radical (unpaired) electrons. The summed E-state index contributed by atoms with van der Waals surface area (Å²) in [5, 5.41) is 3.77. The lowest BCUT2D eigenvalue weighted by Gasteiger charge is -1.99. The van der Waals surface area contributed by atoms with Gasteiger partial charge in [-0.2, -0.15) is 4.98 Å². The van der Waals surface area contributed by atoms with Crippen LogP contribution in [-0.4, -0.2) is 19.7 Å². The van der Waals surface area contributed by atoms with E-state index in [1.807, 2.05) is 28.8 Å². The first kappa shape index (κ1) is 9.29. The van der Waals surface area contributed by atoms with Crippen LogP contribution in [0.15, 0.2) is 35.2 Å². The van der Waals surface area contributed by atoms with Crippen LogP contribution in [0.4, 0.5) is 0 Å². The molecule has 6 heteroatoms. The Labute approximate surface area is 95.7 Å². The molecule has 0 aliphatic carbocycles. The quantitative estimate of drug-likeness (QED) is 0.687.